The molecule has 2 saturated carbocycles. The number of carboxylic acid groups (broad SMARTS) is 1. The van der Waals surface area contributed by atoms with Gasteiger partial charge < -0.3 is 19.5 Å². The first-order valence-electron chi connectivity index (χ1n) is 17.4. The van der Waals surface area contributed by atoms with E-state index in [1.54, 1.807) is 6.07 Å². The van der Waals surface area contributed by atoms with E-state index < -0.39 is 48.1 Å². The van der Waals surface area contributed by atoms with Gasteiger partial charge in [0.15, 0.2) is 0 Å². The molecule has 2 N–H and O–H groups in total. The third-order valence-electron chi connectivity index (χ3n) is 11.1. The fourth-order valence-corrected chi connectivity index (χ4v) is 9.82. The Kier molecular flexibility index (Phi) is 13.4. The van der Waals surface area contributed by atoms with Crippen LogP contribution in [0.5, 0.6) is 5.75 Å². The highest BCUT2D eigenvalue weighted by Gasteiger charge is 2.57. The molecule has 7 atom stereocenters. The number of carbonyl (C=O) groups excluding carboxylic acids is 1. The van der Waals surface area contributed by atoms with Crippen molar-refractivity contribution in [3.05, 3.63) is 41.5 Å². The van der Waals surface area contributed by atoms with Crippen LogP contribution in [0.3, 0.4) is 0 Å². The van der Waals surface area contributed by atoms with Crippen molar-refractivity contribution in [2.75, 3.05) is 11.5 Å². The zero-order chi connectivity index (χ0) is 35.1. The molecule has 6 nitrogen and oxygen atoms in total. The van der Waals surface area contributed by atoms with Crippen molar-refractivity contribution in [2.45, 2.75) is 127 Å². The van der Waals surface area contributed by atoms with E-state index in [1.807, 2.05) is 6.07 Å². The van der Waals surface area contributed by atoms with Gasteiger partial charge in [-0.2, -0.15) is 22.0 Å². The minimum absolute atomic E-state index is 0.0688. The molecule has 0 radical (unpaired) electrons. The van der Waals surface area contributed by atoms with Crippen LogP contribution in [-0.4, -0.2) is 56.4 Å². The maximum absolute atomic E-state index is 13.0. The standard InChI is InChI=1S/C36H49F5O6S/c1-34-19-17-28-27-12-11-26(47-32(45)16-15-31(43)44)23-25(27)22-24(33(28)29(34)13-14-30(34)42)10-7-5-3-2-4-6-8-20-48(46)21-9-18-35(37,38)36(39,40)41/h11-12,15-16,23-24,28-30,33,42H,2-10,13-14,17-22H2,1H3,(H,43,44)/b16-15+/t24-,28-,29+,30+,33-,34+,48?/m1/s1. The van der Waals surface area contributed by atoms with Gasteiger partial charge in [0.25, 0.3) is 0 Å². The van der Waals surface area contributed by atoms with Crippen molar-refractivity contribution in [1.29, 1.82) is 0 Å². The van der Waals surface area contributed by atoms with E-state index in [2.05, 4.69) is 13.0 Å². The summed E-state index contributed by atoms with van der Waals surface area (Å²) in [7, 11) is 0. The number of aliphatic hydroxyl groups excluding tert-OH is 1. The number of carbonyl (C=O) groups is 2. The molecule has 1 aromatic rings. The van der Waals surface area contributed by atoms with Crippen molar-refractivity contribution in [3.8, 4) is 5.75 Å². The maximum atomic E-state index is 13.0. The monoisotopic (exact) mass is 704 g/mol. The van der Waals surface area contributed by atoms with Crippen LogP contribution >= 0.6 is 0 Å². The third-order valence-corrected chi connectivity index (χ3v) is 12.6. The van der Waals surface area contributed by atoms with Gasteiger partial charge in [0.05, 0.1) is 6.10 Å². The molecule has 0 saturated heterocycles. The first-order valence-corrected chi connectivity index (χ1v) is 18.8. The Hall–Kier alpha value is -2.18. The maximum Gasteiger partial charge on any atom is 0.453 e. The average molecular weight is 705 g/mol. The van der Waals surface area contributed by atoms with E-state index in [4.69, 9.17) is 9.84 Å². The summed E-state index contributed by atoms with van der Waals surface area (Å²) in [5.74, 6) is -4.39. The van der Waals surface area contributed by atoms with E-state index in [-0.39, 0.29) is 17.3 Å². The highest BCUT2D eigenvalue weighted by Crippen LogP contribution is 2.62. The van der Waals surface area contributed by atoms with E-state index in [0.717, 1.165) is 89.2 Å². The normalized spacial score (nSPS) is 27.7. The van der Waals surface area contributed by atoms with Crippen molar-refractivity contribution in [1.82, 2.24) is 0 Å². The summed E-state index contributed by atoms with van der Waals surface area (Å²) in [6.07, 6.45) is 6.47. The summed E-state index contributed by atoms with van der Waals surface area (Å²) in [6, 6.07) is 5.77. The molecule has 0 amide bonds. The van der Waals surface area contributed by atoms with Crippen LogP contribution in [0.4, 0.5) is 22.0 Å². The molecular weight excluding hydrogens is 655 g/mol. The van der Waals surface area contributed by atoms with Gasteiger partial charge in [0.1, 0.15) is 17.3 Å². The number of ether oxygens (including phenoxy) is 1. The number of halogens is 5. The van der Waals surface area contributed by atoms with E-state index in [9.17, 15) is 41.2 Å². The number of fused-ring (bicyclic) bond motifs is 5. The van der Waals surface area contributed by atoms with Crippen molar-refractivity contribution in [3.63, 3.8) is 0 Å². The fourth-order valence-electron chi connectivity index (χ4n) is 8.63. The molecule has 0 aromatic heterocycles. The first kappa shape index (κ1) is 38.6. The zero-order valence-corrected chi connectivity index (χ0v) is 28.4. The summed E-state index contributed by atoms with van der Waals surface area (Å²) in [5.41, 5.74) is 2.39. The molecule has 4 rings (SSSR count). The molecule has 48 heavy (non-hydrogen) atoms. The average Bonchev–Trinajstić information content (AvgIpc) is 3.32. The van der Waals surface area contributed by atoms with E-state index >= 15 is 0 Å². The van der Waals surface area contributed by atoms with Gasteiger partial charge in [-0.25, -0.2) is 9.59 Å². The van der Waals surface area contributed by atoms with Crippen LogP contribution in [0.15, 0.2) is 30.4 Å². The molecule has 270 valence electrons. The second-order valence-electron chi connectivity index (χ2n) is 14.3. The number of carboxylic acids is 1. The Labute approximate surface area is 283 Å². The number of benzene rings is 1. The molecule has 2 fully saturated rings. The highest BCUT2D eigenvalue weighted by atomic mass is 32.2. The van der Waals surface area contributed by atoms with Crippen LogP contribution in [0, 0.1) is 23.2 Å². The molecule has 3 aliphatic carbocycles. The smallest absolute Gasteiger partial charge is 0.453 e. The van der Waals surface area contributed by atoms with Crippen LogP contribution in [0.1, 0.15) is 114 Å². The van der Waals surface area contributed by atoms with Gasteiger partial charge in [-0.3, -0.25) is 0 Å². The van der Waals surface area contributed by atoms with Gasteiger partial charge >= 0.3 is 24.0 Å². The second-order valence-corrected chi connectivity index (χ2v) is 16.0. The van der Waals surface area contributed by atoms with Crippen LogP contribution in [0.25, 0.3) is 0 Å². The number of esters is 1. The quantitative estimate of drug-likeness (QED) is 0.0421. The molecule has 3 aliphatic rings. The predicted octanol–water partition coefficient (Wildman–Crippen LogP) is 8.52. The Morgan fingerprint density at radius 1 is 0.979 bits per heavy atom. The lowest BCUT2D eigenvalue weighted by molar-refractivity contribution is -0.284. The van der Waals surface area contributed by atoms with Gasteiger partial charge in [-0.05, 0) is 110 Å². The Balaban J connectivity index is 1.24. The summed E-state index contributed by atoms with van der Waals surface area (Å²) in [6.45, 7) is 2.26. The summed E-state index contributed by atoms with van der Waals surface area (Å²) < 4.78 is 80.3. The SMILES string of the molecule is C[C@]12CC[C@@H]3c4ccc(OC(=O)/C=C/C(=O)O)cc4C[C@@H](CCCCCCCCC[S+]([O-])CCCC(F)(F)C(F)(F)F)[C@H]3[C@@H]1CC[C@@H]2O. The van der Waals surface area contributed by atoms with Crippen LogP contribution in [0.2, 0.25) is 0 Å². The number of alkyl halides is 5. The molecule has 1 unspecified atom stereocenters. The molecule has 1 aromatic carbocycles. The van der Waals surface area contributed by atoms with Crippen molar-refractivity contribution in [2.24, 2.45) is 23.2 Å². The molecule has 0 spiro atoms. The number of rotatable bonds is 17. The lowest BCUT2D eigenvalue weighted by Crippen LogP contribution is -2.47. The molecular formula is C36H49F5O6S. The Bertz CT molecular complexity index is 1270. The number of hydrogen-bond acceptors (Lipinski definition) is 5. The third kappa shape index (κ3) is 9.74. The number of aliphatic carboxylic acids is 1. The topological polar surface area (TPSA) is 107 Å². The van der Waals surface area contributed by atoms with Crippen LogP contribution in [-0.2, 0) is 27.2 Å². The summed E-state index contributed by atoms with van der Waals surface area (Å²) in [5, 5.41) is 19.7. The molecule has 0 bridgehead atoms. The second kappa shape index (κ2) is 16.7. The first-order chi connectivity index (χ1) is 22.6. The van der Waals surface area contributed by atoms with Crippen LogP contribution < -0.4 is 4.74 Å². The summed E-state index contributed by atoms with van der Waals surface area (Å²) in [4.78, 5) is 22.9. The lowest BCUT2D eigenvalue weighted by Gasteiger charge is -2.53. The number of aliphatic hydroxyl groups is 1. The summed E-state index contributed by atoms with van der Waals surface area (Å²) >= 11 is -1.39. The number of hydrogen-bond donors (Lipinski definition) is 2. The van der Waals surface area contributed by atoms with Crippen molar-refractivity contribution >= 4 is 23.1 Å². The minimum Gasteiger partial charge on any atom is -0.616 e. The van der Waals surface area contributed by atoms with Gasteiger partial charge in [0, 0.05) is 18.6 Å². The van der Waals surface area contributed by atoms with Crippen molar-refractivity contribution < 1.29 is 51.0 Å². The largest absolute Gasteiger partial charge is 0.616 e. The zero-order valence-electron chi connectivity index (χ0n) is 27.6. The molecule has 0 heterocycles. The van der Waals surface area contributed by atoms with E-state index in [0.29, 0.717) is 41.6 Å². The lowest BCUT2D eigenvalue weighted by atomic mass is 9.52. The Morgan fingerprint density at radius 3 is 2.33 bits per heavy atom. The van der Waals surface area contributed by atoms with Gasteiger partial charge in [-0.15, -0.1) is 0 Å². The fraction of sp³-hybridized carbons (Fsp3) is 0.722. The van der Waals surface area contributed by atoms with Gasteiger partial charge in [0.2, 0.25) is 0 Å². The Morgan fingerprint density at radius 2 is 1.65 bits per heavy atom. The predicted molar refractivity (Wildman–Crippen MR) is 173 cm³/mol. The molecule has 0 aliphatic heterocycles. The van der Waals surface area contributed by atoms with E-state index in [1.165, 1.54) is 11.1 Å². The number of unbranched alkanes of at least 4 members (excludes halogenated alkanes) is 6. The highest BCUT2D eigenvalue weighted by molar-refractivity contribution is 7.91. The minimum atomic E-state index is -5.57. The van der Waals surface area contributed by atoms with Gasteiger partial charge in [-0.1, -0.05) is 56.3 Å². The molecule has 12 heteroatoms.